The van der Waals surface area contributed by atoms with Crippen molar-refractivity contribution in [2.45, 2.75) is 93.1 Å². The molecule has 0 spiro atoms. The van der Waals surface area contributed by atoms with E-state index in [-0.39, 0.29) is 17.0 Å². The zero-order chi connectivity index (χ0) is 23.6. The Kier molecular flexibility index (Phi) is 7.30. The highest BCUT2D eigenvalue weighted by Crippen LogP contribution is 2.37. The standard InChI is InChI=1S/C28H40O3/c1-11-26(5,6)25(29)30-23-15-13-21(17-19(23)3)28(9,10)22-14-16-24(20(4)18-22)31-27(7,8)12-2/h13-18H,11-12H2,1-10H3. The Hall–Kier alpha value is -2.29. The quantitative estimate of drug-likeness (QED) is 0.324. The molecule has 0 saturated carbocycles. The first-order valence-corrected chi connectivity index (χ1v) is 11.4. The summed E-state index contributed by atoms with van der Waals surface area (Å²) in [6.45, 7) is 20.7. The van der Waals surface area contributed by atoms with Crippen molar-refractivity contribution >= 4 is 5.97 Å². The second-order valence-corrected chi connectivity index (χ2v) is 10.4. The first kappa shape index (κ1) is 25.0. The van der Waals surface area contributed by atoms with Crippen LogP contribution in [0.2, 0.25) is 0 Å². The summed E-state index contributed by atoms with van der Waals surface area (Å²) in [6, 6.07) is 12.6. The van der Waals surface area contributed by atoms with Crippen molar-refractivity contribution in [3.8, 4) is 11.5 Å². The smallest absolute Gasteiger partial charge is 0.316 e. The fraction of sp³-hybridized carbons (Fsp3) is 0.536. The summed E-state index contributed by atoms with van der Waals surface area (Å²) in [7, 11) is 0. The van der Waals surface area contributed by atoms with Crippen molar-refractivity contribution in [1.82, 2.24) is 0 Å². The number of carbonyl (C=O) groups is 1. The average molecular weight is 425 g/mol. The summed E-state index contributed by atoms with van der Waals surface area (Å²) >= 11 is 0. The minimum absolute atomic E-state index is 0.182. The molecule has 3 nitrogen and oxygen atoms in total. The first-order valence-electron chi connectivity index (χ1n) is 11.4. The van der Waals surface area contributed by atoms with Crippen LogP contribution in [-0.2, 0) is 10.2 Å². The Morgan fingerprint density at radius 3 is 1.68 bits per heavy atom. The number of esters is 1. The molecule has 0 amide bonds. The van der Waals surface area contributed by atoms with Gasteiger partial charge in [-0.1, -0.05) is 52.0 Å². The van der Waals surface area contributed by atoms with Crippen molar-refractivity contribution in [1.29, 1.82) is 0 Å². The lowest BCUT2D eigenvalue weighted by molar-refractivity contribution is -0.144. The van der Waals surface area contributed by atoms with Crippen LogP contribution in [0.25, 0.3) is 0 Å². The molecule has 0 unspecified atom stereocenters. The molecule has 2 aromatic rings. The second kappa shape index (κ2) is 9.06. The van der Waals surface area contributed by atoms with E-state index >= 15 is 0 Å². The molecule has 0 aliphatic rings. The molecule has 0 N–H and O–H groups in total. The molecule has 0 saturated heterocycles. The van der Waals surface area contributed by atoms with Gasteiger partial charge < -0.3 is 9.47 Å². The van der Waals surface area contributed by atoms with E-state index in [0.717, 1.165) is 29.7 Å². The molecule has 31 heavy (non-hydrogen) atoms. The van der Waals surface area contributed by atoms with E-state index < -0.39 is 5.41 Å². The van der Waals surface area contributed by atoms with Crippen LogP contribution in [-0.4, -0.2) is 11.6 Å². The van der Waals surface area contributed by atoms with Crippen molar-refractivity contribution in [3.05, 3.63) is 58.7 Å². The largest absolute Gasteiger partial charge is 0.488 e. The summed E-state index contributed by atoms with van der Waals surface area (Å²) in [4.78, 5) is 12.5. The monoisotopic (exact) mass is 424 g/mol. The van der Waals surface area contributed by atoms with Gasteiger partial charge in [0.15, 0.2) is 0 Å². The number of carbonyl (C=O) groups excluding carboxylic acids is 1. The maximum absolute atomic E-state index is 12.5. The Labute approximate surface area is 189 Å². The number of benzene rings is 2. The number of hydrogen-bond donors (Lipinski definition) is 0. The van der Waals surface area contributed by atoms with Gasteiger partial charge in [-0.15, -0.1) is 0 Å². The van der Waals surface area contributed by atoms with Gasteiger partial charge in [0.05, 0.1) is 5.41 Å². The molecule has 3 heteroatoms. The van der Waals surface area contributed by atoms with Gasteiger partial charge in [-0.3, -0.25) is 4.79 Å². The summed E-state index contributed by atoms with van der Waals surface area (Å²) < 4.78 is 11.9. The van der Waals surface area contributed by atoms with Gasteiger partial charge >= 0.3 is 5.97 Å². The molecule has 0 fully saturated rings. The molecule has 170 valence electrons. The van der Waals surface area contributed by atoms with Crippen molar-refractivity contribution < 1.29 is 14.3 Å². The highest BCUT2D eigenvalue weighted by atomic mass is 16.5. The van der Waals surface area contributed by atoms with Crippen molar-refractivity contribution in [2.75, 3.05) is 0 Å². The summed E-state index contributed by atoms with van der Waals surface area (Å²) in [5, 5.41) is 0. The molecule has 0 aliphatic heterocycles. The lowest BCUT2D eigenvalue weighted by atomic mass is 9.77. The minimum Gasteiger partial charge on any atom is -0.488 e. The minimum atomic E-state index is -0.488. The van der Waals surface area contributed by atoms with Gasteiger partial charge in [0.1, 0.15) is 17.1 Å². The summed E-state index contributed by atoms with van der Waals surface area (Å²) in [5.41, 5.74) is 3.64. The molecule has 2 rings (SSSR count). The zero-order valence-electron chi connectivity index (χ0n) is 21.1. The van der Waals surface area contributed by atoms with Gasteiger partial charge in [-0.05, 0) is 88.8 Å². The fourth-order valence-corrected chi connectivity index (χ4v) is 3.22. The molecular formula is C28H40O3. The third-order valence-electron chi connectivity index (χ3n) is 6.67. The van der Waals surface area contributed by atoms with E-state index in [2.05, 4.69) is 71.9 Å². The van der Waals surface area contributed by atoms with Gasteiger partial charge in [-0.2, -0.15) is 0 Å². The summed E-state index contributed by atoms with van der Waals surface area (Å²) in [6.07, 6.45) is 1.69. The van der Waals surface area contributed by atoms with E-state index in [0.29, 0.717) is 5.75 Å². The molecule has 0 radical (unpaired) electrons. The van der Waals surface area contributed by atoms with Gasteiger partial charge in [0, 0.05) is 5.41 Å². The van der Waals surface area contributed by atoms with Crippen molar-refractivity contribution in [2.24, 2.45) is 5.41 Å². The molecule has 0 aromatic heterocycles. The Bertz CT molecular complexity index is 935. The number of hydrogen-bond acceptors (Lipinski definition) is 3. The van der Waals surface area contributed by atoms with Gasteiger partial charge in [0.25, 0.3) is 0 Å². The normalized spacial score (nSPS) is 12.6. The fourth-order valence-electron chi connectivity index (χ4n) is 3.22. The Balaban J connectivity index is 2.30. The maximum atomic E-state index is 12.5. The van der Waals surface area contributed by atoms with Gasteiger partial charge in [0.2, 0.25) is 0 Å². The second-order valence-electron chi connectivity index (χ2n) is 10.4. The number of aryl methyl sites for hydroxylation is 2. The van der Waals surface area contributed by atoms with Crippen LogP contribution in [0.3, 0.4) is 0 Å². The lowest BCUT2D eigenvalue weighted by Gasteiger charge is -2.30. The Morgan fingerprint density at radius 1 is 0.774 bits per heavy atom. The third kappa shape index (κ3) is 5.70. The number of rotatable bonds is 8. The van der Waals surface area contributed by atoms with E-state index in [1.54, 1.807) is 0 Å². The topological polar surface area (TPSA) is 35.5 Å². The molecular weight excluding hydrogens is 384 g/mol. The van der Waals surface area contributed by atoms with Gasteiger partial charge in [-0.25, -0.2) is 0 Å². The predicted molar refractivity (Wildman–Crippen MR) is 129 cm³/mol. The molecule has 0 atom stereocenters. The van der Waals surface area contributed by atoms with Crippen LogP contribution >= 0.6 is 0 Å². The van der Waals surface area contributed by atoms with Crippen LogP contribution in [0.1, 0.15) is 90.5 Å². The van der Waals surface area contributed by atoms with E-state index in [4.69, 9.17) is 9.47 Å². The van der Waals surface area contributed by atoms with Crippen LogP contribution < -0.4 is 9.47 Å². The van der Waals surface area contributed by atoms with Crippen LogP contribution in [0.4, 0.5) is 0 Å². The highest BCUT2D eigenvalue weighted by molar-refractivity contribution is 5.78. The van der Waals surface area contributed by atoms with E-state index in [1.807, 2.05) is 33.8 Å². The third-order valence-corrected chi connectivity index (χ3v) is 6.67. The van der Waals surface area contributed by atoms with Crippen LogP contribution in [0, 0.1) is 19.3 Å². The van der Waals surface area contributed by atoms with Crippen LogP contribution in [0.5, 0.6) is 11.5 Å². The predicted octanol–water partition coefficient (Wildman–Crippen LogP) is 7.54. The zero-order valence-corrected chi connectivity index (χ0v) is 21.1. The van der Waals surface area contributed by atoms with Crippen LogP contribution in [0.15, 0.2) is 36.4 Å². The molecule has 2 aromatic carbocycles. The molecule has 0 bridgehead atoms. The van der Waals surface area contributed by atoms with Crippen molar-refractivity contribution in [3.63, 3.8) is 0 Å². The van der Waals surface area contributed by atoms with E-state index in [1.165, 1.54) is 11.1 Å². The first-order chi connectivity index (χ1) is 14.2. The average Bonchev–Trinajstić information content (AvgIpc) is 2.70. The molecule has 0 aliphatic carbocycles. The lowest BCUT2D eigenvalue weighted by Crippen LogP contribution is -2.28. The highest BCUT2D eigenvalue weighted by Gasteiger charge is 2.29. The SMILES string of the molecule is CCC(C)(C)Oc1ccc(C(C)(C)c2ccc(OC(=O)C(C)(C)CC)c(C)c2)cc1C. The Morgan fingerprint density at radius 2 is 1.26 bits per heavy atom. The molecule has 0 heterocycles. The summed E-state index contributed by atoms with van der Waals surface area (Å²) in [5.74, 6) is 1.38. The maximum Gasteiger partial charge on any atom is 0.316 e. The van der Waals surface area contributed by atoms with E-state index in [9.17, 15) is 4.79 Å². The number of ether oxygens (including phenoxy) is 2.